The Labute approximate surface area is 581 Å². The molecule has 101 heavy (non-hydrogen) atoms. The normalized spacial score (nSPS) is 46.2. The zero-order valence-electron chi connectivity index (χ0n) is 53.4. The van der Waals surface area contributed by atoms with Crippen molar-refractivity contribution < 1.29 is 163 Å². The molecule has 0 amide bonds. The van der Waals surface area contributed by atoms with Gasteiger partial charge in [-0.2, -0.15) is 0 Å². The summed E-state index contributed by atoms with van der Waals surface area (Å²) in [5, 5.41) is 236. The van der Waals surface area contributed by atoms with Crippen molar-refractivity contribution in [2.45, 2.75) is 241 Å². The van der Waals surface area contributed by atoms with Crippen LogP contribution in [0, 0.1) is 0 Å². The monoisotopic (exact) mass is 1490 g/mol. The van der Waals surface area contributed by atoms with Crippen molar-refractivity contribution in [3.8, 4) is 0 Å². The SMILES string of the molecule is NNc1cc2cc(c1)NCc1nc(cs1)CNC[C@H]1O[C@@H]3O[C@H]4C(O)C(O)[C@H](O[C@@H]4CO)O[C@H]4C(O)C(O)[C@H](O[C@@H]4CO)O[C@H]4C(O)C(O)[C@H](O[C@@H]4CO)O[C@H]4C(O)C(O)[C@H](O[C@@H]4CNCc4csc(n4)CN2)O[C@H]2C(O)C(O)[C@H](O[C@@H]2CO)O[C@H]2C(O)C(O)[C@H](O[C@@H]2CO)O[C@H]1C(O)C3O. The molecular formula is C58H88N8O33S2. The summed E-state index contributed by atoms with van der Waals surface area (Å²) in [7, 11) is 0. The van der Waals surface area contributed by atoms with E-state index < -0.39 is 248 Å². The number of aliphatic hydroxyl groups excluding tert-OH is 19. The Balaban J connectivity index is 0.904. The number of thiazole rings is 2. The summed E-state index contributed by atoms with van der Waals surface area (Å²) >= 11 is 2.60. The number of nitrogens with two attached hydrogens (primary N) is 1. The molecule has 1 aromatic carbocycles. The molecule has 22 bridgehead atoms. The molecule has 26 N–H and O–H groups in total. The second kappa shape index (κ2) is 33.7. The highest BCUT2D eigenvalue weighted by Crippen LogP contribution is 2.40. The fourth-order valence-electron chi connectivity index (χ4n) is 13.4. The van der Waals surface area contributed by atoms with Gasteiger partial charge in [-0.25, -0.2) is 9.97 Å². The number of rotatable bonds is 6. The maximum atomic E-state index is 12.1. The zero-order chi connectivity index (χ0) is 71.8. The average Bonchev–Trinajstić information content (AvgIpc) is 0.915. The van der Waals surface area contributed by atoms with Crippen molar-refractivity contribution in [3.05, 3.63) is 50.4 Å². The predicted molar refractivity (Wildman–Crippen MR) is 331 cm³/mol. The molecule has 35 atom stereocenters. The first kappa shape index (κ1) is 77.1. The van der Waals surface area contributed by atoms with Gasteiger partial charge in [0.1, 0.15) is 181 Å². The van der Waals surface area contributed by atoms with Crippen LogP contribution in [0.2, 0.25) is 0 Å². The average molecular weight is 1490 g/mol. The Morgan fingerprint density at radius 3 is 0.871 bits per heavy atom. The Morgan fingerprint density at radius 1 is 0.347 bits per heavy atom. The summed E-state index contributed by atoms with van der Waals surface area (Å²) < 4.78 is 84.0. The lowest BCUT2D eigenvalue weighted by Gasteiger charge is -2.50. The molecule has 21 saturated heterocycles. The first-order valence-electron chi connectivity index (χ1n) is 32.6. The topological polar surface area (TPSA) is 626 Å². The van der Waals surface area contributed by atoms with Gasteiger partial charge in [-0.1, -0.05) is 0 Å². The van der Waals surface area contributed by atoms with E-state index in [1.165, 1.54) is 22.7 Å². The van der Waals surface area contributed by atoms with E-state index in [0.29, 0.717) is 38.5 Å². The van der Waals surface area contributed by atoms with Gasteiger partial charge in [-0.05, 0) is 18.2 Å². The molecular weight excluding hydrogens is 1400 g/mol. The molecule has 0 saturated carbocycles. The number of aliphatic hydroxyl groups is 19. The van der Waals surface area contributed by atoms with Gasteiger partial charge in [0.2, 0.25) is 0 Å². The second-order valence-corrected chi connectivity index (χ2v) is 27.5. The van der Waals surface area contributed by atoms with E-state index in [-0.39, 0.29) is 39.3 Å². The lowest BCUT2D eigenvalue weighted by molar-refractivity contribution is -0.395. The van der Waals surface area contributed by atoms with Crippen LogP contribution in [0.5, 0.6) is 0 Å². The van der Waals surface area contributed by atoms with Crippen LogP contribution in [-0.4, -0.2) is 368 Å². The molecule has 41 nitrogen and oxygen atoms in total. The molecule has 570 valence electrons. The van der Waals surface area contributed by atoms with Crippen LogP contribution in [0.1, 0.15) is 21.4 Å². The first-order valence-corrected chi connectivity index (χ1v) is 34.4. The molecule has 14 unspecified atom stereocenters. The number of hydrazine groups is 1. The standard InChI is InChI=1S/C58H88N8O33S2/c59-66-19-2-17-1-18(3-19)63-9-30-65-21(16-101-30)5-61-7-23-46-31(72)38(79)52(86-23)95-47-24(10-67)90-56(42(83)35(47)76)97-49-26(12-69)88-54(40(81)33(49)74)93-45-22(6-60-4-20-15-100-29(64-20)8-62-17)87-53(39(80)32(45)73)96-48-25(11-68)91-57(43(84)36(48)77)99-51-28(14-71)92-58(44(85)37(51)78)98-50-27(13-70)89-55(94-46)41(82)34(50)75/h1-3,15-16,22-28,31-58,60-63,66-85H,4-14,59H2/t22-,23-,24-,25-,26-,27-,28-,31?,32?,33?,34?,35?,36?,37?,38?,39?,40?,41?,42?,43?,44?,45-,46-,47-,48-,49-,50-,51-,52-,53-,54-,55-,56-,57-,58-/m1/s1. The minimum Gasteiger partial charge on any atom is -0.394 e. The first-order chi connectivity index (χ1) is 48.5. The Kier molecular flexibility index (Phi) is 25.7. The third-order valence-electron chi connectivity index (χ3n) is 18.9. The molecule has 3 aromatic rings. The van der Waals surface area contributed by atoms with Gasteiger partial charge in [0.05, 0.1) is 63.2 Å². The summed E-state index contributed by atoms with van der Waals surface area (Å²) in [5.41, 5.74) is 5.45. The van der Waals surface area contributed by atoms with Crippen LogP contribution >= 0.6 is 22.7 Å². The number of ether oxygens (including phenoxy) is 14. The molecule has 27 rings (SSSR count). The maximum absolute atomic E-state index is 12.1. The van der Waals surface area contributed by atoms with E-state index in [1.54, 1.807) is 22.9 Å². The molecule has 0 radical (unpaired) electrons. The highest BCUT2D eigenvalue weighted by atomic mass is 32.1. The van der Waals surface area contributed by atoms with Crippen molar-refractivity contribution in [3.63, 3.8) is 0 Å². The summed E-state index contributed by atoms with van der Waals surface area (Å²) in [4.78, 5) is 9.47. The predicted octanol–water partition coefficient (Wildman–Crippen LogP) is -11.9. The highest BCUT2D eigenvalue weighted by molar-refractivity contribution is 7.09. The van der Waals surface area contributed by atoms with Gasteiger partial charge in [0.25, 0.3) is 0 Å². The molecule has 2 aromatic heterocycles. The van der Waals surface area contributed by atoms with Crippen LogP contribution in [0.15, 0.2) is 29.0 Å². The summed E-state index contributed by atoms with van der Waals surface area (Å²) in [6, 6.07) is 5.35. The fraction of sp³-hybridized carbons (Fsp3) is 0.793. The number of nitrogen functional groups attached to an aromatic ring is 1. The van der Waals surface area contributed by atoms with Gasteiger partial charge in [0.15, 0.2) is 44.0 Å². The molecule has 0 aliphatic carbocycles. The summed E-state index contributed by atoms with van der Waals surface area (Å²) in [6.45, 7) is -5.42. The quantitative estimate of drug-likeness (QED) is 0.0805. The van der Waals surface area contributed by atoms with Crippen molar-refractivity contribution in [1.82, 2.24) is 20.6 Å². The number of benzene rings is 1. The maximum Gasteiger partial charge on any atom is 0.187 e. The second-order valence-electron chi connectivity index (χ2n) is 25.7. The lowest BCUT2D eigenvalue weighted by atomic mass is 9.95. The van der Waals surface area contributed by atoms with E-state index in [1.807, 2.05) is 6.07 Å². The van der Waals surface area contributed by atoms with Crippen molar-refractivity contribution in [2.24, 2.45) is 5.84 Å². The van der Waals surface area contributed by atoms with Crippen molar-refractivity contribution >= 4 is 39.7 Å². The van der Waals surface area contributed by atoms with Crippen LogP contribution in [-0.2, 0) is 92.5 Å². The van der Waals surface area contributed by atoms with E-state index in [9.17, 15) is 97.0 Å². The smallest absolute Gasteiger partial charge is 0.187 e. The van der Waals surface area contributed by atoms with Gasteiger partial charge in [0, 0.05) is 48.3 Å². The van der Waals surface area contributed by atoms with Crippen LogP contribution in [0.3, 0.4) is 0 Å². The fourth-order valence-corrected chi connectivity index (χ4v) is 14.9. The summed E-state index contributed by atoms with van der Waals surface area (Å²) in [5.74, 6) is 5.88. The van der Waals surface area contributed by atoms with E-state index in [4.69, 9.17) is 82.1 Å². The number of nitrogens with zero attached hydrogens (tertiary/aromatic N) is 2. The number of nitrogens with one attached hydrogen (secondary N) is 5. The Morgan fingerprint density at radius 2 is 0.604 bits per heavy atom. The van der Waals surface area contributed by atoms with E-state index >= 15 is 0 Å². The van der Waals surface area contributed by atoms with Crippen molar-refractivity contribution in [1.29, 1.82) is 0 Å². The Hall–Kier alpha value is -3.56. The molecule has 0 spiro atoms. The lowest BCUT2D eigenvalue weighted by Crippen LogP contribution is -2.68. The minimum absolute atomic E-state index is 0.00359. The number of anilines is 3. The van der Waals surface area contributed by atoms with E-state index in [2.05, 4.69) is 26.7 Å². The molecule has 24 aliphatic rings. The minimum atomic E-state index is -2.22. The van der Waals surface area contributed by atoms with Crippen LogP contribution < -0.4 is 32.5 Å². The van der Waals surface area contributed by atoms with Crippen molar-refractivity contribution in [2.75, 3.05) is 62.2 Å². The highest BCUT2D eigenvalue weighted by Gasteiger charge is 2.60. The van der Waals surface area contributed by atoms with Crippen LogP contribution in [0.4, 0.5) is 17.1 Å². The van der Waals surface area contributed by atoms with E-state index in [0.717, 1.165) is 0 Å². The van der Waals surface area contributed by atoms with Crippen LogP contribution in [0.25, 0.3) is 0 Å². The molecule has 21 fully saturated rings. The molecule has 24 aliphatic heterocycles. The summed E-state index contributed by atoms with van der Waals surface area (Å²) in [6.07, 6.45) is -69.6. The zero-order valence-corrected chi connectivity index (χ0v) is 55.0. The number of hydrogen-bond donors (Lipinski definition) is 25. The largest absolute Gasteiger partial charge is 0.394 e. The Bertz CT molecular complexity index is 3100. The molecule has 26 heterocycles. The number of aromatic nitrogens is 2. The van der Waals surface area contributed by atoms with Gasteiger partial charge in [-0.3, -0.25) is 5.84 Å². The molecule has 43 heteroatoms. The van der Waals surface area contributed by atoms with Gasteiger partial charge in [-0.15, -0.1) is 22.7 Å². The number of hydrogen-bond acceptors (Lipinski definition) is 43. The van der Waals surface area contributed by atoms with Gasteiger partial charge >= 0.3 is 0 Å². The third kappa shape index (κ3) is 16.5. The van der Waals surface area contributed by atoms with Gasteiger partial charge < -0.3 is 190 Å². The third-order valence-corrected chi connectivity index (χ3v) is 20.7.